The van der Waals surface area contributed by atoms with Gasteiger partial charge in [-0.3, -0.25) is 4.98 Å². The third kappa shape index (κ3) is 5.49. The fraction of sp³-hybridized carbons (Fsp3) is 0.615. The Morgan fingerprint density at radius 2 is 1.78 bits per heavy atom. The number of aromatic nitrogens is 1. The zero-order valence-corrected chi connectivity index (χ0v) is 11.1. The number of aliphatic hydroxyl groups is 1. The molecule has 0 saturated heterocycles. The minimum atomic E-state index is -4.43. The van der Waals surface area contributed by atoms with Gasteiger partial charge in [0.05, 0.1) is 6.10 Å². The van der Waals surface area contributed by atoms with Crippen LogP contribution in [0.1, 0.15) is 51.5 Å². The summed E-state index contributed by atoms with van der Waals surface area (Å²) in [6.45, 7) is 7.86. The zero-order chi connectivity index (χ0) is 14.3. The van der Waals surface area contributed by atoms with Crippen molar-refractivity contribution < 1.29 is 18.3 Å². The molecule has 0 aliphatic carbocycles. The van der Waals surface area contributed by atoms with E-state index >= 15 is 0 Å². The third-order valence-corrected chi connectivity index (χ3v) is 2.16. The van der Waals surface area contributed by atoms with Crippen molar-refractivity contribution in [3.63, 3.8) is 0 Å². The predicted octanol–water partition coefficient (Wildman–Crippen LogP) is 4.21. The van der Waals surface area contributed by atoms with Gasteiger partial charge in [-0.2, -0.15) is 13.2 Å². The quantitative estimate of drug-likeness (QED) is 0.886. The van der Waals surface area contributed by atoms with Crippen LogP contribution in [0.2, 0.25) is 0 Å². The lowest BCUT2D eigenvalue weighted by Crippen LogP contribution is -2.09. The van der Waals surface area contributed by atoms with Gasteiger partial charge in [0.25, 0.3) is 0 Å². The minimum absolute atomic E-state index is 0.275. The standard InChI is InChI=1S/C11H14F3NO.C2H6/c1-7(2)5-9(16)8-3-4-10(15-6-8)11(12,13)14;1-2/h3-4,6-7,9,16H,5H2,1-2H3;1-2H3. The number of pyridine rings is 1. The highest BCUT2D eigenvalue weighted by atomic mass is 19.4. The Balaban J connectivity index is 0.00000137. The van der Waals surface area contributed by atoms with Crippen LogP contribution >= 0.6 is 0 Å². The van der Waals surface area contributed by atoms with Crippen LogP contribution < -0.4 is 0 Å². The molecule has 0 aliphatic heterocycles. The molecule has 0 radical (unpaired) electrons. The fourth-order valence-corrected chi connectivity index (χ4v) is 1.35. The molecule has 1 aromatic heterocycles. The molecular weight excluding hydrogens is 243 g/mol. The first kappa shape index (κ1) is 16.9. The van der Waals surface area contributed by atoms with Crippen molar-refractivity contribution in [2.45, 2.75) is 46.4 Å². The molecule has 0 bridgehead atoms. The molecular formula is C13H20F3NO. The van der Waals surface area contributed by atoms with E-state index in [4.69, 9.17) is 0 Å². The van der Waals surface area contributed by atoms with Crippen molar-refractivity contribution in [3.05, 3.63) is 29.6 Å². The van der Waals surface area contributed by atoms with Crippen LogP contribution in [0.25, 0.3) is 0 Å². The summed E-state index contributed by atoms with van der Waals surface area (Å²) in [7, 11) is 0. The number of hydrogen-bond acceptors (Lipinski definition) is 2. The SMILES string of the molecule is CC.CC(C)CC(O)c1ccc(C(F)(F)F)nc1. The lowest BCUT2D eigenvalue weighted by molar-refractivity contribution is -0.141. The van der Waals surface area contributed by atoms with Crippen molar-refractivity contribution in [3.8, 4) is 0 Å². The van der Waals surface area contributed by atoms with Crippen LogP contribution in [0.3, 0.4) is 0 Å². The van der Waals surface area contributed by atoms with Gasteiger partial charge in [0.1, 0.15) is 5.69 Å². The van der Waals surface area contributed by atoms with E-state index in [0.717, 1.165) is 12.3 Å². The molecule has 2 nitrogen and oxygen atoms in total. The highest BCUT2D eigenvalue weighted by Crippen LogP contribution is 2.28. The maximum absolute atomic E-state index is 12.2. The first-order chi connectivity index (χ1) is 8.30. The summed E-state index contributed by atoms with van der Waals surface area (Å²) >= 11 is 0. The van der Waals surface area contributed by atoms with Gasteiger partial charge >= 0.3 is 6.18 Å². The molecule has 0 aromatic carbocycles. The normalized spacial score (nSPS) is 12.9. The van der Waals surface area contributed by atoms with Gasteiger partial charge in [-0.25, -0.2) is 0 Å². The Labute approximate surface area is 106 Å². The van der Waals surface area contributed by atoms with Crippen molar-refractivity contribution in [1.82, 2.24) is 4.98 Å². The monoisotopic (exact) mass is 263 g/mol. The summed E-state index contributed by atoms with van der Waals surface area (Å²) in [5.41, 5.74) is -0.519. The van der Waals surface area contributed by atoms with Crippen molar-refractivity contribution in [2.75, 3.05) is 0 Å². The Kier molecular flexibility index (Phi) is 6.91. The predicted molar refractivity (Wildman–Crippen MR) is 65.0 cm³/mol. The molecule has 0 spiro atoms. The number of aliphatic hydroxyl groups excluding tert-OH is 1. The van der Waals surface area contributed by atoms with Gasteiger partial charge < -0.3 is 5.11 Å². The highest BCUT2D eigenvalue weighted by molar-refractivity contribution is 5.18. The van der Waals surface area contributed by atoms with Crippen molar-refractivity contribution in [2.24, 2.45) is 5.92 Å². The van der Waals surface area contributed by atoms with Gasteiger partial charge in [0.2, 0.25) is 0 Å². The lowest BCUT2D eigenvalue weighted by atomic mass is 10.0. The molecule has 0 fully saturated rings. The molecule has 0 amide bonds. The molecule has 5 heteroatoms. The van der Waals surface area contributed by atoms with Gasteiger partial charge in [0, 0.05) is 6.20 Å². The maximum atomic E-state index is 12.2. The van der Waals surface area contributed by atoms with E-state index in [1.165, 1.54) is 6.07 Å². The van der Waals surface area contributed by atoms with Crippen molar-refractivity contribution >= 4 is 0 Å². The average molecular weight is 263 g/mol. The lowest BCUT2D eigenvalue weighted by Gasteiger charge is -2.13. The summed E-state index contributed by atoms with van der Waals surface area (Å²) < 4.78 is 36.6. The van der Waals surface area contributed by atoms with E-state index in [1.54, 1.807) is 0 Å². The van der Waals surface area contributed by atoms with E-state index in [2.05, 4.69) is 4.98 Å². The van der Waals surface area contributed by atoms with E-state index in [9.17, 15) is 18.3 Å². The second-order valence-corrected chi connectivity index (χ2v) is 4.12. The third-order valence-electron chi connectivity index (χ3n) is 2.16. The van der Waals surface area contributed by atoms with Gasteiger partial charge in [0.15, 0.2) is 0 Å². The maximum Gasteiger partial charge on any atom is 0.433 e. The second-order valence-electron chi connectivity index (χ2n) is 4.12. The van der Waals surface area contributed by atoms with E-state index in [1.807, 2.05) is 27.7 Å². The van der Waals surface area contributed by atoms with Crippen LogP contribution in [-0.2, 0) is 6.18 Å². The number of nitrogens with zero attached hydrogens (tertiary/aromatic N) is 1. The summed E-state index contributed by atoms with van der Waals surface area (Å²) in [6, 6.07) is 2.15. The van der Waals surface area contributed by atoms with E-state index in [0.29, 0.717) is 12.0 Å². The smallest absolute Gasteiger partial charge is 0.388 e. The van der Waals surface area contributed by atoms with Crippen LogP contribution in [0.15, 0.2) is 18.3 Å². The number of hydrogen-bond donors (Lipinski definition) is 1. The second kappa shape index (κ2) is 7.36. The van der Waals surface area contributed by atoms with E-state index in [-0.39, 0.29) is 5.92 Å². The largest absolute Gasteiger partial charge is 0.433 e. The van der Waals surface area contributed by atoms with Crippen molar-refractivity contribution in [1.29, 1.82) is 0 Å². The Bertz CT molecular complexity index is 333. The fourth-order valence-electron chi connectivity index (χ4n) is 1.35. The Hall–Kier alpha value is -1.10. The first-order valence-corrected chi connectivity index (χ1v) is 6.02. The molecule has 1 heterocycles. The first-order valence-electron chi connectivity index (χ1n) is 6.02. The molecule has 1 rings (SSSR count). The molecule has 1 unspecified atom stereocenters. The van der Waals surface area contributed by atoms with Crippen LogP contribution in [0.5, 0.6) is 0 Å². The molecule has 1 N–H and O–H groups in total. The Morgan fingerprint density at radius 3 is 2.11 bits per heavy atom. The van der Waals surface area contributed by atoms with Gasteiger partial charge in [-0.1, -0.05) is 33.8 Å². The molecule has 1 atom stereocenters. The number of rotatable bonds is 3. The number of alkyl halides is 3. The van der Waals surface area contributed by atoms with Gasteiger partial charge in [-0.15, -0.1) is 0 Å². The zero-order valence-electron chi connectivity index (χ0n) is 11.1. The molecule has 1 aromatic rings. The molecule has 0 saturated carbocycles. The topological polar surface area (TPSA) is 33.1 Å². The average Bonchev–Trinajstić information content (AvgIpc) is 2.30. The highest BCUT2D eigenvalue weighted by Gasteiger charge is 2.32. The summed E-state index contributed by atoms with van der Waals surface area (Å²) in [6.07, 6.45) is -3.60. The summed E-state index contributed by atoms with van der Waals surface area (Å²) in [4.78, 5) is 3.29. The van der Waals surface area contributed by atoms with Gasteiger partial charge in [-0.05, 0) is 24.0 Å². The molecule has 18 heavy (non-hydrogen) atoms. The Morgan fingerprint density at radius 1 is 1.22 bits per heavy atom. The summed E-state index contributed by atoms with van der Waals surface area (Å²) in [5.74, 6) is 0.275. The van der Waals surface area contributed by atoms with E-state index < -0.39 is 18.0 Å². The minimum Gasteiger partial charge on any atom is -0.388 e. The van der Waals surface area contributed by atoms with Crippen LogP contribution in [0.4, 0.5) is 13.2 Å². The van der Waals surface area contributed by atoms with Crippen LogP contribution in [0, 0.1) is 5.92 Å². The number of halogens is 3. The summed E-state index contributed by atoms with van der Waals surface area (Å²) in [5, 5.41) is 9.66. The molecule has 0 aliphatic rings. The molecule has 104 valence electrons. The van der Waals surface area contributed by atoms with Crippen LogP contribution in [-0.4, -0.2) is 10.1 Å².